The summed E-state index contributed by atoms with van der Waals surface area (Å²) in [5.41, 5.74) is 25.5. The van der Waals surface area contributed by atoms with Crippen molar-refractivity contribution in [2.24, 2.45) is 5.73 Å². The molecule has 0 spiro atoms. The van der Waals surface area contributed by atoms with Gasteiger partial charge in [-0.05, 0) is 104 Å². The van der Waals surface area contributed by atoms with Crippen LogP contribution in [0, 0.1) is 11.6 Å². The predicted molar refractivity (Wildman–Crippen MR) is 221 cm³/mol. The average molecular weight is 809 g/mol. The van der Waals surface area contributed by atoms with Gasteiger partial charge in [0.1, 0.15) is 29.9 Å². The number of nitrogen functional groups attached to an aromatic ring is 2. The molecule has 4 aliphatic rings. The van der Waals surface area contributed by atoms with Crippen molar-refractivity contribution in [2.45, 2.75) is 89.3 Å². The number of carbonyl (C=O) groups excluding carboxylic acids is 3. The fourth-order valence-electron chi connectivity index (χ4n) is 8.39. The molecule has 0 fully saturated rings. The van der Waals surface area contributed by atoms with Gasteiger partial charge in [-0.25, -0.2) is 13.6 Å². The van der Waals surface area contributed by atoms with E-state index < -0.39 is 17.9 Å². The van der Waals surface area contributed by atoms with Crippen LogP contribution in [0.4, 0.5) is 36.6 Å². The van der Waals surface area contributed by atoms with Crippen LogP contribution < -0.4 is 33.2 Å². The Kier molecular flexibility index (Phi) is 12.0. The Morgan fingerprint density at radius 3 is 1.83 bits per heavy atom. The normalized spacial score (nSPS) is 20.0. The van der Waals surface area contributed by atoms with Crippen molar-refractivity contribution < 1.29 is 27.9 Å². The summed E-state index contributed by atoms with van der Waals surface area (Å²) in [5, 5.41) is 18.2. The van der Waals surface area contributed by atoms with Crippen LogP contribution in [0.15, 0.2) is 66.7 Å². The van der Waals surface area contributed by atoms with Crippen molar-refractivity contribution in [1.29, 1.82) is 0 Å². The molecular weight excluding hydrogens is 759 g/mol. The number of anilines is 4. The summed E-state index contributed by atoms with van der Waals surface area (Å²) in [5.74, 6) is -1.54. The van der Waals surface area contributed by atoms with Gasteiger partial charge in [0.25, 0.3) is 11.8 Å². The smallest absolute Gasteiger partial charge is 0.407 e. The number of ether oxygens (including phenoxy) is 1. The van der Waals surface area contributed by atoms with E-state index in [9.17, 15) is 23.2 Å². The molecule has 9 N–H and O–H groups in total. The maximum absolute atomic E-state index is 13.9. The van der Waals surface area contributed by atoms with Gasteiger partial charge in [0, 0.05) is 47.7 Å². The number of alkyl carbamates (subject to hydrolysis) is 1. The highest BCUT2D eigenvalue weighted by molar-refractivity contribution is 5.91. The van der Waals surface area contributed by atoms with Gasteiger partial charge in [-0.1, -0.05) is 37.8 Å². The minimum Gasteiger partial charge on any atom is -0.445 e. The number of nitrogens with one attached hydrogen (secondary N) is 3. The quantitative estimate of drug-likeness (QED) is 0.123. The lowest BCUT2D eigenvalue weighted by Gasteiger charge is -2.25. The van der Waals surface area contributed by atoms with Crippen molar-refractivity contribution in [3.05, 3.63) is 118 Å². The number of rotatable bonds is 5. The summed E-state index contributed by atoms with van der Waals surface area (Å²) in [6.45, 7) is 1.45. The van der Waals surface area contributed by atoms with E-state index >= 15 is 0 Å². The van der Waals surface area contributed by atoms with E-state index in [-0.39, 0.29) is 55.4 Å². The first-order chi connectivity index (χ1) is 28.0. The SMILES string of the molecule is C.Nc1c2c(nn1C(=O)[C@@H]1CCNc3ccc(F)cc31)CC[C@H](N)C2.Nc1c2c(nn1C(=O)[C@@H]1CCNc3ccc(F)cc31)CC[C@H](NC(=O)OCc1ccccc1)C2. The number of carbonyl (C=O) groups is 3. The second-order valence-electron chi connectivity index (χ2n) is 15.3. The number of aromatic nitrogens is 4. The Morgan fingerprint density at radius 2 is 1.27 bits per heavy atom. The molecule has 0 bridgehead atoms. The van der Waals surface area contributed by atoms with E-state index in [4.69, 9.17) is 21.9 Å². The molecule has 0 saturated heterocycles. The monoisotopic (exact) mass is 808 g/mol. The lowest BCUT2D eigenvalue weighted by Crippen LogP contribution is -2.39. The molecule has 9 rings (SSSR count). The number of aryl methyl sites for hydroxylation is 2. The number of hydrogen-bond donors (Lipinski definition) is 6. The van der Waals surface area contributed by atoms with Gasteiger partial charge in [0.15, 0.2) is 0 Å². The van der Waals surface area contributed by atoms with Crippen LogP contribution in [-0.4, -0.2) is 62.6 Å². The number of nitrogens with two attached hydrogens (primary N) is 3. The van der Waals surface area contributed by atoms with Crippen molar-refractivity contribution >= 4 is 40.9 Å². The summed E-state index contributed by atoms with van der Waals surface area (Å²) in [6, 6.07) is 18.2. The second-order valence-corrected chi connectivity index (χ2v) is 15.3. The summed E-state index contributed by atoms with van der Waals surface area (Å²) in [7, 11) is 0. The third kappa shape index (κ3) is 8.49. The van der Waals surface area contributed by atoms with E-state index in [1.165, 1.54) is 33.6 Å². The Labute approximate surface area is 340 Å². The Bertz CT molecular complexity index is 2360. The highest BCUT2D eigenvalue weighted by atomic mass is 19.1. The molecular formula is C43H50F2N10O4. The van der Waals surface area contributed by atoms with Crippen LogP contribution in [0.3, 0.4) is 0 Å². The van der Waals surface area contributed by atoms with Crippen LogP contribution >= 0.6 is 0 Å². The molecule has 1 amide bonds. The van der Waals surface area contributed by atoms with Crippen molar-refractivity contribution in [2.75, 3.05) is 35.2 Å². The largest absolute Gasteiger partial charge is 0.445 e. The first kappa shape index (κ1) is 40.9. The van der Waals surface area contributed by atoms with Crippen molar-refractivity contribution in [3.63, 3.8) is 0 Å². The topological polar surface area (TPSA) is 210 Å². The summed E-state index contributed by atoms with van der Waals surface area (Å²) < 4.78 is 35.4. The molecule has 310 valence electrons. The van der Waals surface area contributed by atoms with E-state index in [1.54, 1.807) is 12.1 Å². The highest BCUT2D eigenvalue weighted by Gasteiger charge is 2.35. The molecule has 14 nitrogen and oxygen atoms in total. The van der Waals surface area contributed by atoms with Gasteiger partial charge < -0.3 is 37.9 Å². The van der Waals surface area contributed by atoms with Gasteiger partial charge in [-0.3, -0.25) is 9.59 Å². The minimum absolute atomic E-state index is 0. The predicted octanol–water partition coefficient (Wildman–Crippen LogP) is 5.92. The van der Waals surface area contributed by atoms with Crippen LogP contribution in [0.5, 0.6) is 0 Å². The van der Waals surface area contributed by atoms with Crippen LogP contribution in [0.25, 0.3) is 0 Å². The zero-order valence-electron chi connectivity index (χ0n) is 31.8. The summed E-state index contributed by atoms with van der Waals surface area (Å²) in [4.78, 5) is 38.7. The Balaban J connectivity index is 0.000000186. The molecule has 0 saturated carbocycles. The molecule has 4 atom stereocenters. The molecule has 3 aromatic carbocycles. The molecule has 0 unspecified atom stereocenters. The fourth-order valence-corrected chi connectivity index (χ4v) is 8.39. The molecule has 59 heavy (non-hydrogen) atoms. The average Bonchev–Trinajstić information content (AvgIpc) is 3.74. The van der Waals surface area contributed by atoms with Crippen molar-refractivity contribution in [1.82, 2.24) is 24.9 Å². The van der Waals surface area contributed by atoms with E-state index in [2.05, 4.69) is 26.1 Å². The van der Waals surface area contributed by atoms with Crippen LogP contribution in [-0.2, 0) is 37.0 Å². The van der Waals surface area contributed by atoms with E-state index in [0.29, 0.717) is 68.6 Å². The zero-order valence-corrected chi connectivity index (χ0v) is 31.8. The number of halogens is 2. The molecule has 2 aliphatic heterocycles. The molecule has 2 aromatic heterocycles. The maximum atomic E-state index is 13.9. The number of nitrogens with zero attached hydrogens (tertiary/aromatic N) is 4. The van der Waals surface area contributed by atoms with Gasteiger partial charge >= 0.3 is 6.09 Å². The van der Waals surface area contributed by atoms with Crippen molar-refractivity contribution in [3.8, 4) is 0 Å². The number of fused-ring (bicyclic) bond motifs is 4. The van der Waals surface area contributed by atoms with Crippen LogP contribution in [0.2, 0.25) is 0 Å². The summed E-state index contributed by atoms with van der Waals surface area (Å²) in [6.07, 6.45) is 4.55. The molecule has 5 aromatic rings. The first-order valence-corrected chi connectivity index (χ1v) is 19.6. The second kappa shape index (κ2) is 17.3. The van der Waals surface area contributed by atoms with Gasteiger partial charge in [-0.15, -0.1) is 0 Å². The zero-order chi connectivity index (χ0) is 40.5. The maximum Gasteiger partial charge on any atom is 0.407 e. The van der Waals surface area contributed by atoms with Gasteiger partial charge in [0.05, 0.1) is 23.2 Å². The lowest BCUT2D eigenvalue weighted by molar-refractivity contribution is 0.0851. The molecule has 4 heterocycles. The molecule has 16 heteroatoms. The Hall–Kier alpha value is -6.29. The highest BCUT2D eigenvalue weighted by Crippen LogP contribution is 2.37. The van der Waals surface area contributed by atoms with Gasteiger partial charge in [-0.2, -0.15) is 19.6 Å². The van der Waals surface area contributed by atoms with Gasteiger partial charge in [0.2, 0.25) is 0 Å². The van der Waals surface area contributed by atoms with E-state index in [1.807, 2.05) is 30.3 Å². The number of amides is 1. The minimum atomic E-state index is -0.530. The summed E-state index contributed by atoms with van der Waals surface area (Å²) >= 11 is 0. The standard InChI is InChI=1S/C25H26FN5O3.C17H20FN5O.CH4/c26-16-6-8-21-19(12-16)18(10-11-28-21)24(32)31-23(27)20-13-17(7-9-22(20)30-31)29-25(33)34-14-15-4-2-1-3-5-15;18-9-1-3-14-12(7-9)11(5-6-21-14)17(24)23-16(20)13-8-10(19)2-4-15(13)22-23;/h1-6,8,12,17-18,28H,7,9-11,13-14,27H2,(H,29,33);1,3,7,10-11,21H,2,4-6,8,19-20H2;1H4/t17-,18+;10-,11+;/m00./s1. The molecule has 2 aliphatic carbocycles. The third-order valence-electron chi connectivity index (χ3n) is 11.4. The van der Waals surface area contributed by atoms with E-state index in [0.717, 1.165) is 52.3 Å². The Morgan fingerprint density at radius 1 is 0.746 bits per heavy atom. The third-order valence-corrected chi connectivity index (χ3v) is 11.4. The van der Waals surface area contributed by atoms with Crippen LogP contribution in [0.1, 0.15) is 93.7 Å². The lowest BCUT2D eigenvalue weighted by atomic mass is 9.90. The molecule has 0 radical (unpaired) electrons. The number of benzene rings is 3. The fraction of sp³-hybridized carbons (Fsp3) is 0.372. The number of hydrogen-bond acceptors (Lipinski definition) is 11. The first-order valence-electron chi connectivity index (χ1n) is 19.6.